The third-order valence-corrected chi connectivity index (χ3v) is 2.67. The lowest BCUT2D eigenvalue weighted by atomic mass is 10.2. The second kappa shape index (κ2) is 5.21. The van der Waals surface area contributed by atoms with Crippen molar-refractivity contribution in [2.45, 2.75) is 0 Å². The molecule has 0 saturated carbocycles. The van der Waals surface area contributed by atoms with E-state index >= 15 is 0 Å². The average Bonchev–Trinajstić information content (AvgIpc) is 2.38. The summed E-state index contributed by atoms with van der Waals surface area (Å²) in [5.74, 6) is -4.13. The summed E-state index contributed by atoms with van der Waals surface area (Å²) < 4.78 is 38.8. The minimum Gasteiger partial charge on any atom is -0.354 e. The lowest BCUT2D eigenvalue weighted by Gasteiger charge is -2.09. The predicted molar refractivity (Wildman–Crippen MR) is 65.8 cm³/mol. The molecule has 0 atom stereocenters. The molecule has 1 N–H and O–H groups in total. The third kappa shape index (κ3) is 2.80. The SMILES string of the molecule is N#Cc1ccc(Nc2cc(F)c(F)c(F)c2)c(Cl)c1. The molecule has 0 fully saturated rings. The Balaban J connectivity index is 2.34. The largest absolute Gasteiger partial charge is 0.354 e. The first-order valence-corrected chi connectivity index (χ1v) is 5.50. The third-order valence-electron chi connectivity index (χ3n) is 2.36. The highest BCUT2D eigenvalue weighted by molar-refractivity contribution is 6.33. The first-order valence-electron chi connectivity index (χ1n) is 5.12. The Kier molecular flexibility index (Phi) is 3.63. The van der Waals surface area contributed by atoms with Crippen LogP contribution in [0.4, 0.5) is 24.5 Å². The fourth-order valence-corrected chi connectivity index (χ4v) is 1.70. The first kappa shape index (κ1) is 13.2. The van der Waals surface area contributed by atoms with Crippen molar-refractivity contribution in [3.63, 3.8) is 0 Å². The minimum absolute atomic E-state index is 0.0167. The van der Waals surface area contributed by atoms with E-state index in [2.05, 4.69) is 5.32 Å². The van der Waals surface area contributed by atoms with Crippen molar-refractivity contribution in [2.24, 2.45) is 0 Å². The summed E-state index contributed by atoms with van der Waals surface area (Å²) in [5.41, 5.74) is 0.723. The standard InChI is InChI=1S/C13H6ClF3N2/c14-9-3-7(6-18)1-2-12(9)19-8-4-10(15)13(17)11(16)5-8/h1-5,19H. The van der Waals surface area contributed by atoms with E-state index in [1.54, 1.807) is 0 Å². The second-order valence-corrected chi connectivity index (χ2v) is 4.09. The molecule has 0 bridgehead atoms. The van der Waals surface area contributed by atoms with E-state index in [9.17, 15) is 13.2 Å². The van der Waals surface area contributed by atoms with Crippen LogP contribution in [0.1, 0.15) is 5.56 Å². The Labute approximate surface area is 112 Å². The number of nitrogens with one attached hydrogen (secondary N) is 1. The summed E-state index contributed by atoms with van der Waals surface area (Å²) in [4.78, 5) is 0. The van der Waals surface area contributed by atoms with Gasteiger partial charge in [-0.2, -0.15) is 5.26 Å². The zero-order valence-corrected chi connectivity index (χ0v) is 10.1. The minimum atomic E-state index is -1.53. The zero-order chi connectivity index (χ0) is 14.0. The van der Waals surface area contributed by atoms with Gasteiger partial charge in [-0.1, -0.05) is 11.6 Å². The predicted octanol–water partition coefficient (Wildman–Crippen LogP) is 4.37. The van der Waals surface area contributed by atoms with Crippen molar-refractivity contribution in [1.82, 2.24) is 0 Å². The van der Waals surface area contributed by atoms with Crippen LogP contribution < -0.4 is 5.32 Å². The molecular weight excluding hydrogens is 277 g/mol. The molecule has 19 heavy (non-hydrogen) atoms. The summed E-state index contributed by atoms with van der Waals surface area (Å²) in [7, 11) is 0. The summed E-state index contributed by atoms with van der Waals surface area (Å²) in [6, 6.07) is 7.91. The van der Waals surface area contributed by atoms with Gasteiger partial charge >= 0.3 is 0 Å². The number of hydrogen-bond donors (Lipinski definition) is 1. The molecule has 0 aliphatic rings. The molecule has 0 heterocycles. The highest BCUT2D eigenvalue weighted by Gasteiger charge is 2.11. The lowest BCUT2D eigenvalue weighted by Crippen LogP contribution is -1.97. The molecule has 0 aliphatic heterocycles. The van der Waals surface area contributed by atoms with Crippen LogP contribution in [0, 0.1) is 28.8 Å². The van der Waals surface area contributed by atoms with Crippen molar-refractivity contribution < 1.29 is 13.2 Å². The summed E-state index contributed by atoms with van der Waals surface area (Å²) in [5, 5.41) is 11.5. The lowest BCUT2D eigenvalue weighted by molar-refractivity contribution is 0.448. The number of anilines is 2. The van der Waals surface area contributed by atoms with Crippen LogP contribution in [0.15, 0.2) is 30.3 Å². The molecule has 0 aromatic heterocycles. The maximum absolute atomic E-state index is 13.0. The number of halogens is 4. The van der Waals surface area contributed by atoms with Crippen molar-refractivity contribution in [2.75, 3.05) is 5.32 Å². The quantitative estimate of drug-likeness (QED) is 0.830. The summed E-state index contributed by atoms with van der Waals surface area (Å²) in [6.07, 6.45) is 0. The van der Waals surface area contributed by atoms with Gasteiger partial charge in [0.1, 0.15) is 0 Å². The van der Waals surface area contributed by atoms with Gasteiger partial charge in [-0.05, 0) is 18.2 Å². The Hall–Kier alpha value is -2.19. The Morgan fingerprint density at radius 1 is 1.05 bits per heavy atom. The monoisotopic (exact) mass is 282 g/mol. The maximum atomic E-state index is 13.0. The van der Waals surface area contributed by atoms with Gasteiger partial charge in [0.15, 0.2) is 17.5 Å². The molecule has 2 aromatic carbocycles. The fourth-order valence-electron chi connectivity index (χ4n) is 1.47. The molecule has 0 spiro atoms. The van der Waals surface area contributed by atoms with E-state index in [0.717, 1.165) is 12.1 Å². The molecule has 6 heteroatoms. The second-order valence-electron chi connectivity index (χ2n) is 3.69. The molecule has 2 aromatic rings. The van der Waals surface area contributed by atoms with E-state index in [1.165, 1.54) is 18.2 Å². The van der Waals surface area contributed by atoms with Crippen molar-refractivity contribution >= 4 is 23.0 Å². The van der Waals surface area contributed by atoms with Crippen LogP contribution >= 0.6 is 11.6 Å². The van der Waals surface area contributed by atoms with Gasteiger partial charge in [-0.25, -0.2) is 13.2 Å². The van der Waals surface area contributed by atoms with Crippen LogP contribution in [0.25, 0.3) is 0 Å². The maximum Gasteiger partial charge on any atom is 0.194 e. The van der Waals surface area contributed by atoms with E-state index in [4.69, 9.17) is 16.9 Å². The Morgan fingerprint density at radius 3 is 2.21 bits per heavy atom. The highest BCUT2D eigenvalue weighted by atomic mass is 35.5. The molecule has 96 valence electrons. The Bertz CT molecular complexity index is 657. The van der Waals surface area contributed by atoms with E-state index in [0.29, 0.717) is 11.3 Å². The van der Waals surface area contributed by atoms with Crippen LogP contribution in [0.5, 0.6) is 0 Å². The van der Waals surface area contributed by atoms with E-state index < -0.39 is 17.5 Å². The summed E-state index contributed by atoms with van der Waals surface area (Å²) in [6.45, 7) is 0. The van der Waals surface area contributed by atoms with Crippen LogP contribution in [-0.2, 0) is 0 Å². The topological polar surface area (TPSA) is 35.8 Å². The molecule has 2 rings (SSSR count). The van der Waals surface area contributed by atoms with Crippen molar-refractivity contribution in [1.29, 1.82) is 5.26 Å². The zero-order valence-electron chi connectivity index (χ0n) is 9.35. The molecular formula is C13H6ClF3N2. The van der Waals surface area contributed by atoms with Crippen LogP contribution in [0.3, 0.4) is 0 Å². The number of nitrogens with zero attached hydrogens (tertiary/aromatic N) is 1. The molecule has 0 aliphatic carbocycles. The van der Waals surface area contributed by atoms with Crippen molar-refractivity contribution in [3.8, 4) is 6.07 Å². The fraction of sp³-hybridized carbons (Fsp3) is 0. The van der Waals surface area contributed by atoms with Gasteiger partial charge in [0.2, 0.25) is 0 Å². The van der Waals surface area contributed by atoms with Crippen LogP contribution in [0.2, 0.25) is 5.02 Å². The van der Waals surface area contributed by atoms with Gasteiger partial charge in [0, 0.05) is 17.8 Å². The average molecular weight is 283 g/mol. The number of benzene rings is 2. The smallest absolute Gasteiger partial charge is 0.194 e. The molecule has 0 saturated heterocycles. The molecule has 0 amide bonds. The van der Waals surface area contributed by atoms with E-state index in [-0.39, 0.29) is 10.7 Å². The van der Waals surface area contributed by atoms with Crippen molar-refractivity contribution in [3.05, 3.63) is 58.4 Å². The normalized spacial score (nSPS) is 10.1. The number of rotatable bonds is 2. The molecule has 0 unspecified atom stereocenters. The van der Waals surface area contributed by atoms with Gasteiger partial charge in [0.05, 0.1) is 22.3 Å². The Morgan fingerprint density at radius 2 is 1.68 bits per heavy atom. The van der Waals surface area contributed by atoms with Crippen LogP contribution in [-0.4, -0.2) is 0 Å². The highest BCUT2D eigenvalue weighted by Crippen LogP contribution is 2.27. The van der Waals surface area contributed by atoms with Gasteiger partial charge in [-0.15, -0.1) is 0 Å². The van der Waals surface area contributed by atoms with Gasteiger partial charge in [0.25, 0.3) is 0 Å². The van der Waals surface area contributed by atoms with Gasteiger partial charge < -0.3 is 5.32 Å². The number of hydrogen-bond acceptors (Lipinski definition) is 2. The number of nitriles is 1. The molecule has 2 nitrogen and oxygen atoms in total. The van der Waals surface area contributed by atoms with Gasteiger partial charge in [-0.3, -0.25) is 0 Å². The first-order chi connectivity index (χ1) is 9.01. The van der Waals surface area contributed by atoms with E-state index in [1.807, 2.05) is 6.07 Å². The summed E-state index contributed by atoms with van der Waals surface area (Å²) >= 11 is 5.89. The molecule has 0 radical (unpaired) electrons.